The Balaban J connectivity index is 2.08. The molecule has 2 aromatic rings. The van der Waals surface area contributed by atoms with Crippen LogP contribution in [0.2, 0.25) is 5.02 Å². The molecule has 1 aliphatic heterocycles. The fraction of sp³-hybridized carbons (Fsp3) is 0.150. The number of barbiturate groups is 1. The number of phenols is 1. The number of aromatic hydroxyl groups is 1. The molecule has 1 aliphatic rings. The molecule has 0 aliphatic carbocycles. The SMILES string of the molecule is CCc1ccccc1N1C(=O)NC(=O)/C(=C/c2cc(Cl)c(O)c(OC)c2)C1=O. The van der Waals surface area contributed by atoms with Crippen LogP contribution in [0.25, 0.3) is 6.08 Å². The summed E-state index contributed by atoms with van der Waals surface area (Å²) in [6, 6.07) is 8.96. The van der Waals surface area contributed by atoms with Gasteiger partial charge in [-0.25, -0.2) is 9.69 Å². The van der Waals surface area contributed by atoms with Gasteiger partial charge in [0.2, 0.25) is 0 Å². The number of aryl methyl sites for hydroxylation is 1. The van der Waals surface area contributed by atoms with Gasteiger partial charge in [0.15, 0.2) is 11.5 Å². The number of nitrogens with zero attached hydrogens (tertiary/aromatic N) is 1. The Morgan fingerprint density at radius 2 is 1.93 bits per heavy atom. The van der Waals surface area contributed by atoms with Gasteiger partial charge in [-0.3, -0.25) is 14.9 Å². The summed E-state index contributed by atoms with van der Waals surface area (Å²) in [6.07, 6.45) is 1.89. The number of halogens is 1. The van der Waals surface area contributed by atoms with E-state index in [1.54, 1.807) is 24.3 Å². The number of benzene rings is 2. The molecular weight excluding hydrogens is 384 g/mol. The molecule has 1 fully saturated rings. The Morgan fingerprint density at radius 1 is 1.21 bits per heavy atom. The molecule has 4 amide bonds. The number of nitrogens with one attached hydrogen (secondary N) is 1. The zero-order chi connectivity index (χ0) is 20.4. The average molecular weight is 401 g/mol. The van der Waals surface area contributed by atoms with E-state index in [-0.39, 0.29) is 22.1 Å². The zero-order valence-corrected chi connectivity index (χ0v) is 15.9. The van der Waals surface area contributed by atoms with E-state index in [0.717, 1.165) is 10.5 Å². The second-order valence-electron chi connectivity index (χ2n) is 5.99. The van der Waals surface area contributed by atoms with E-state index in [2.05, 4.69) is 5.32 Å². The number of carbonyl (C=O) groups excluding carboxylic acids is 3. The van der Waals surface area contributed by atoms with Crippen LogP contribution in [0, 0.1) is 0 Å². The van der Waals surface area contributed by atoms with Gasteiger partial charge >= 0.3 is 6.03 Å². The molecule has 0 aromatic heterocycles. The van der Waals surface area contributed by atoms with E-state index in [4.69, 9.17) is 16.3 Å². The van der Waals surface area contributed by atoms with E-state index >= 15 is 0 Å². The van der Waals surface area contributed by atoms with Gasteiger partial charge in [0.1, 0.15) is 5.57 Å². The first-order valence-electron chi connectivity index (χ1n) is 8.43. The Hall–Kier alpha value is -3.32. The molecule has 8 heteroatoms. The van der Waals surface area contributed by atoms with Gasteiger partial charge < -0.3 is 9.84 Å². The molecule has 2 N–H and O–H groups in total. The summed E-state index contributed by atoms with van der Waals surface area (Å²) in [5.74, 6) is -1.73. The second-order valence-corrected chi connectivity index (χ2v) is 6.40. The van der Waals surface area contributed by atoms with Crippen molar-refractivity contribution in [2.45, 2.75) is 13.3 Å². The monoisotopic (exact) mass is 400 g/mol. The zero-order valence-electron chi connectivity index (χ0n) is 15.2. The van der Waals surface area contributed by atoms with Crippen molar-refractivity contribution in [3.63, 3.8) is 0 Å². The van der Waals surface area contributed by atoms with E-state index in [1.807, 2.05) is 6.92 Å². The molecule has 0 unspecified atom stereocenters. The van der Waals surface area contributed by atoms with Crippen LogP contribution < -0.4 is 15.0 Å². The highest BCUT2D eigenvalue weighted by molar-refractivity contribution is 6.39. The minimum absolute atomic E-state index is 0.000808. The third-order valence-electron chi connectivity index (χ3n) is 4.30. The summed E-state index contributed by atoms with van der Waals surface area (Å²) in [7, 11) is 1.35. The van der Waals surface area contributed by atoms with Gasteiger partial charge in [0.05, 0.1) is 17.8 Å². The quantitative estimate of drug-likeness (QED) is 0.606. The molecule has 1 saturated heterocycles. The first-order valence-corrected chi connectivity index (χ1v) is 8.81. The standard InChI is InChI=1S/C20H17ClN2O5/c1-3-12-6-4-5-7-15(12)23-19(26)13(18(25)22-20(23)27)8-11-9-14(21)17(24)16(10-11)28-2/h4-10,24H,3H2,1-2H3,(H,22,25,27)/b13-8-. The van der Waals surface area contributed by atoms with Crippen LogP contribution in [0.5, 0.6) is 11.5 Å². The summed E-state index contributed by atoms with van der Waals surface area (Å²) in [6.45, 7) is 1.90. The molecule has 0 radical (unpaired) electrons. The predicted molar refractivity (Wildman–Crippen MR) is 104 cm³/mol. The summed E-state index contributed by atoms with van der Waals surface area (Å²) in [5.41, 5.74) is 1.31. The lowest BCUT2D eigenvalue weighted by Gasteiger charge is -2.28. The van der Waals surface area contributed by atoms with Gasteiger partial charge in [-0.05, 0) is 41.8 Å². The lowest BCUT2D eigenvalue weighted by atomic mass is 10.0. The molecule has 0 atom stereocenters. The van der Waals surface area contributed by atoms with Crippen LogP contribution in [0.4, 0.5) is 10.5 Å². The van der Waals surface area contributed by atoms with Crippen molar-refractivity contribution in [2.75, 3.05) is 12.0 Å². The van der Waals surface area contributed by atoms with E-state index in [1.165, 1.54) is 25.3 Å². The molecule has 3 rings (SSSR count). The number of phenolic OH excluding ortho intramolecular Hbond substituents is 1. The van der Waals surface area contributed by atoms with Crippen molar-refractivity contribution < 1.29 is 24.2 Å². The van der Waals surface area contributed by atoms with Crippen LogP contribution in [-0.4, -0.2) is 30.1 Å². The van der Waals surface area contributed by atoms with Gasteiger partial charge in [-0.2, -0.15) is 0 Å². The maximum Gasteiger partial charge on any atom is 0.335 e. The highest BCUT2D eigenvalue weighted by Crippen LogP contribution is 2.36. The number of amides is 4. The molecule has 0 spiro atoms. The molecule has 7 nitrogen and oxygen atoms in total. The number of methoxy groups -OCH3 is 1. The topological polar surface area (TPSA) is 95.9 Å². The number of para-hydroxylation sites is 1. The van der Waals surface area contributed by atoms with Gasteiger partial charge in [0.25, 0.3) is 11.8 Å². The summed E-state index contributed by atoms with van der Waals surface area (Å²) < 4.78 is 5.03. The van der Waals surface area contributed by atoms with Crippen molar-refractivity contribution in [2.24, 2.45) is 0 Å². The van der Waals surface area contributed by atoms with Gasteiger partial charge in [0, 0.05) is 0 Å². The van der Waals surface area contributed by atoms with Crippen LogP contribution in [0.1, 0.15) is 18.1 Å². The average Bonchev–Trinajstić information content (AvgIpc) is 2.67. The maximum absolute atomic E-state index is 13.0. The summed E-state index contributed by atoms with van der Waals surface area (Å²) in [5, 5.41) is 12.0. The molecule has 0 saturated carbocycles. The summed E-state index contributed by atoms with van der Waals surface area (Å²) >= 11 is 5.97. The van der Waals surface area contributed by atoms with Crippen molar-refractivity contribution in [3.05, 3.63) is 58.1 Å². The van der Waals surface area contributed by atoms with E-state index in [0.29, 0.717) is 17.7 Å². The smallest absolute Gasteiger partial charge is 0.335 e. The fourth-order valence-corrected chi connectivity index (χ4v) is 3.12. The van der Waals surface area contributed by atoms with Crippen molar-refractivity contribution in [1.29, 1.82) is 0 Å². The van der Waals surface area contributed by atoms with Crippen LogP contribution in [0.3, 0.4) is 0 Å². The van der Waals surface area contributed by atoms with E-state index < -0.39 is 17.8 Å². The molecule has 2 aromatic carbocycles. The Morgan fingerprint density at radius 3 is 2.61 bits per heavy atom. The Bertz CT molecular complexity index is 1020. The second kappa shape index (κ2) is 7.74. The van der Waals surface area contributed by atoms with Crippen LogP contribution >= 0.6 is 11.6 Å². The lowest BCUT2D eigenvalue weighted by Crippen LogP contribution is -2.54. The number of hydrogen-bond donors (Lipinski definition) is 2. The van der Waals surface area contributed by atoms with Gasteiger partial charge in [-0.15, -0.1) is 0 Å². The first kappa shape index (κ1) is 19.4. The maximum atomic E-state index is 13.0. The number of carbonyl (C=O) groups is 3. The van der Waals surface area contributed by atoms with Crippen LogP contribution in [0.15, 0.2) is 42.0 Å². The van der Waals surface area contributed by atoms with Crippen molar-refractivity contribution >= 4 is 41.2 Å². The number of urea groups is 1. The molecule has 144 valence electrons. The minimum Gasteiger partial charge on any atom is -0.503 e. The lowest BCUT2D eigenvalue weighted by molar-refractivity contribution is -0.122. The molecule has 28 heavy (non-hydrogen) atoms. The van der Waals surface area contributed by atoms with Crippen LogP contribution in [-0.2, 0) is 16.0 Å². The highest BCUT2D eigenvalue weighted by atomic mass is 35.5. The third-order valence-corrected chi connectivity index (χ3v) is 4.58. The van der Waals surface area contributed by atoms with Crippen molar-refractivity contribution in [3.8, 4) is 11.5 Å². The Labute approximate surface area is 166 Å². The van der Waals surface area contributed by atoms with Crippen molar-refractivity contribution in [1.82, 2.24) is 5.32 Å². The summed E-state index contributed by atoms with van der Waals surface area (Å²) in [4.78, 5) is 38.6. The third kappa shape index (κ3) is 3.44. The number of anilines is 1. The molecular formula is C20H17ClN2O5. The number of ether oxygens (including phenoxy) is 1. The first-order chi connectivity index (χ1) is 13.4. The highest BCUT2D eigenvalue weighted by Gasteiger charge is 2.37. The predicted octanol–water partition coefficient (Wildman–Crippen LogP) is 3.28. The van der Waals surface area contributed by atoms with E-state index in [9.17, 15) is 19.5 Å². The number of imide groups is 2. The minimum atomic E-state index is -0.816. The normalized spacial score (nSPS) is 15.8. The number of rotatable bonds is 4. The Kier molecular flexibility index (Phi) is 5.37. The van der Waals surface area contributed by atoms with Gasteiger partial charge in [-0.1, -0.05) is 36.7 Å². The number of hydrogen-bond acceptors (Lipinski definition) is 5. The fourth-order valence-electron chi connectivity index (χ4n) is 2.90. The molecule has 0 bridgehead atoms. The molecule has 1 heterocycles. The largest absolute Gasteiger partial charge is 0.503 e.